The second kappa shape index (κ2) is 10.9. The van der Waals surface area contributed by atoms with E-state index >= 15 is 0 Å². The molecule has 0 spiro atoms. The molecule has 0 saturated heterocycles. The van der Waals surface area contributed by atoms with Crippen LogP contribution in [0.3, 0.4) is 0 Å². The summed E-state index contributed by atoms with van der Waals surface area (Å²) >= 11 is 0. The molecule has 0 fully saturated rings. The summed E-state index contributed by atoms with van der Waals surface area (Å²) in [6, 6.07) is 7.57. The highest BCUT2D eigenvalue weighted by molar-refractivity contribution is 5.80. The Bertz CT molecular complexity index is 1220. The van der Waals surface area contributed by atoms with E-state index in [0.29, 0.717) is 22.8 Å². The highest BCUT2D eigenvalue weighted by Crippen LogP contribution is 2.37. The monoisotopic (exact) mass is 479 g/mol. The number of carbonyl (C=O) groups is 1. The van der Waals surface area contributed by atoms with Crippen LogP contribution in [-0.4, -0.2) is 37.7 Å². The zero-order chi connectivity index (χ0) is 25.6. The average Bonchev–Trinajstić information content (AvgIpc) is 3.21. The molecule has 1 aromatic carbocycles. The van der Waals surface area contributed by atoms with E-state index in [4.69, 9.17) is 10.1 Å². The first-order chi connectivity index (χ1) is 16.6. The number of hydrogen-bond acceptors (Lipinski definition) is 7. The second-order valence-corrected chi connectivity index (χ2v) is 9.10. The van der Waals surface area contributed by atoms with Gasteiger partial charge in [-0.2, -0.15) is 9.81 Å². The number of aromatic nitrogens is 3. The molecule has 35 heavy (non-hydrogen) atoms. The third-order valence-corrected chi connectivity index (χ3v) is 5.32. The van der Waals surface area contributed by atoms with Crippen LogP contribution in [-0.2, 0) is 10.2 Å². The second-order valence-electron chi connectivity index (χ2n) is 9.10. The van der Waals surface area contributed by atoms with Crippen LogP contribution >= 0.6 is 0 Å². The normalized spacial score (nSPS) is 13.5. The summed E-state index contributed by atoms with van der Waals surface area (Å²) in [5.41, 5.74) is 2.37. The highest BCUT2D eigenvalue weighted by atomic mass is 19.1. The first-order valence-electron chi connectivity index (χ1n) is 11.0. The van der Waals surface area contributed by atoms with E-state index < -0.39 is 29.9 Å². The van der Waals surface area contributed by atoms with Crippen molar-refractivity contribution in [3.63, 3.8) is 0 Å². The zero-order valence-corrected chi connectivity index (χ0v) is 19.6. The lowest BCUT2D eigenvalue weighted by Gasteiger charge is -2.19. The minimum atomic E-state index is -1.18. The molecule has 0 amide bonds. The van der Waals surface area contributed by atoms with Gasteiger partial charge in [-0.1, -0.05) is 31.1 Å². The van der Waals surface area contributed by atoms with Crippen molar-refractivity contribution in [1.82, 2.24) is 14.5 Å². The summed E-state index contributed by atoms with van der Waals surface area (Å²) in [5.74, 6) is -0.883. The SMILES string of the molecule is CC(C)(C)c1nc(-c2ccc(F)cc2)c(-c2ccncc2)n1/C=C/C(CC(CC(=O)O)N=O)N=O. The largest absolute Gasteiger partial charge is 0.481 e. The Hall–Kier alpha value is -4.08. The van der Waals surface area contributed by atoms with Gasteiger partial charge in [0.15, 0.2) is 0 Å². The summed E-state index contributed by atoms with van der Waals surface area (Å²) in [5, 5.41) is 14.8. The van der Waals surface area contributed by atoms with E-state index in [-0.39, 0.29) is 12.2 Å². The molecule has 9 nitrogen and oxygen atoms in total. The Morgan fingerprint density at radius 2 is 1.74 bits per heavy atom. The summed E-state index contributed by atoms with van der Waals surface area (Å²) in [4.78, 5) is 42.5. The molecule has 0 bridgehead atoms. The van der Waals surface area contributed by atoms with Gasteiger partial charge < -0.3 is 9.67 Å². The molecule has 3 aromatic rings. The van der Waals surface area contributed by atoms with Crippen LogP contribution in [0.2, 0.25) is 0 Å². The van der Waals surface area contributed by atoms with E-state index in [1.54, 1.807) is 30.7 Å². The fourth-order valence-corrected chi connectivity index (χ4v) is 3.69. The van der Waals surface area contributed by atoms with Gasteiger partial charge in [-0.25, -0.2) is 9.37 Å². The van der Waals surface area contributed by atoms with E-state index in [2.05, 4.69) is 15.3 Å². The van der Waals surface area contributed by atoms with Crippen LogP contribution in [0.5, 0.6) is 0 Å². The number of benzene rings is 1. The Balaban J connectivity index is 2.16. The summed E-state index contributed by atoms with van der Waals surface area (Å²) in [7, 11) is 0. The lowest BCUT2D eigenvalue weighted by atomic mass is 9.95. The van der Waals surface area contributed by atoms with Crippen LogP contribution in [0.1, 0.15) is 39.4 Å². The highest BCUT2D eigenvalue weighted by Gasteiger charge is 2.27. The molecular formula is C25H26FN5O4. The van der Waals surface area contributed by atoms with Crippen molar-refractivity contribution < 1.29 is 14.3 Å². The van der Waals surface area contributed by atoms with Gasteiger partial charge in [0.25, 0.3) is 0 Å². The zero-order valence-electron chi connectivity index (χ0n) is 19.6. The maximum Gasteiger partial charge on any atom is 0.305 e. The van der Waals surface area contributed by atoms with Crippen molar-refractivity contribution in [2.75, 3.05) is 0 Å². The number of nitroso groups, excluding NO2 is 2. The molecule has 2 unspecified atom stereocenters. The molecule has 0 radical (unpaired) electrons. The molecule has 2 aromatic heterocycles. The number of aliphatic carboxylic acids is 1. The van der Waals surface area contributed by atoms with Gasteiger partial charge in [-0.15, -0.1) is 0 Å². The number of carboxylic acid groups (broad SMARTS) is 1. The molecular weight excluding hydrogens is 453 g/mol. The summed E-state index contributed by atoms with van der Waals surface area (Å²) in [6.07, 6.45) is 5.81. The number of carboxylic acids is 1. The molecule has 0 aliphatic carbocycles. The van der Waals surface area contributed by atoms with Gasteiger partial charge in [-0.3, -0.25) is 9.78 Å². The standard InChI is InChI=1S/C25H26FN5O4/c1-25(2,3)24-28-22(16-4-6-18(26)7-5-16)23(17-8-11-27-12-9-17)31(24)13-10-19(29-34)14-20(30-35)15-21(32)33/h4-13,19-20H,14-15H2,1-3H3,(H,32,33)/b13-10+. The molecule has 2 atom stereocenters. The fourth-order valence-electron chi connectivity index (χ4n) is 3.69. The van der Waals surface area contributed by atoms with E-state index in [0.717, 1.165) is 5.56 Å². The predicted octanol–water partition coefficient (Wildman–Crippen LogP) is 5.65. The van der Waals surface area contributed by atoms with Crippen molar-refractivity contribution >= 4 is 12.2 Å². The van der Waals surface area contributed by atoms with Gasteiger partial charge >= 0.3 is 5.97 Å². The number of imidazole rings is 1. The van der Waals surface area contributed by atoms with Gasteiger partial charge in [-0.05, 0) is 42.5 Å². The summed E-state index contributed by atoms with van der Waals surface area (Å²) in [6.45, 7) is 5.96. The topological polar surface area (TPSA) is 127 Å². The van der Waals surface area contributed by atoms with Crippen LogP contribution in [0.4, 0.5) is 4.39 Å². The van der Waals surface area contributed by atoms with Crippen LogP contribution in [0, 0.1) is 15.6 Å². The number of rotatable bonds is 10. The van der Waals surface area contributed by atoms with Crippen molar-refractivity contribution in [3.05, 3.63) is 76.3 Å². The average molecular weight is 480 g/mol. The Morgan fingerprint density at radius 3 is 2.29 bits per heavy atom. The van der Waals surface area contributed by atoms with E-state index in [1.165, 1.54) is 18.2 Å². The summed E-state index contributed by atoms with van der Waals surface area (Å²) < 4.78 is 15.4. The third kappa shape index (κ3) is 6.28. The number of halogens is 1. The fraction of sp³-hybridized carbons (Fsp3) is 0.320. The molecule has 0 saturated carbocycles. The van der Waals surface area contributed by atoms with Crippen molar-refractivity contribution in [1.29, 1.82) is 0 Å². The molecule has 0 aliphatic rings. The number of hydrogen-bond donors (Lipinski definition) is 1. The molecule has 0 aliphatic heterocycles. The number of pyridine rings is 1. The van der Waals surface area contributed by atoms with E-state index in [1.807, 2.05) is 37.5 Å². The molecule has 1 N–H and O–H groups in total. The van der Waals surface area contributed by atoms with Crippen LogP contribution in [0.25, 0.3) is 28.7 Å². The Morgan fingerprint density at radius 1 is 1.09 bits per heavy atom. The molecule has 2 heterocycles. The Kier molecular flexibility index (Phi) is 7.95. The Labute approximate surface area is 201 Å². The first kappa shape index (κ1) is 25.5. The van der Waals surface area contributed by atoms with Gasteiger partial charge in [0.2, 0.25) is 0 Å². The minimum Gasteiger partial charge on any atom is -0.481 e. The quantitative estimate of drug-likeness (QED) is 0.374. The molecule has 182 valence electrons. The first-order valence-corrected chi connectivity index (χ1v) is 11.0. The van der Waals surface area contributed by atoms with Gasteiger partial charge in [0.1, 0.15) is 23.7 Å². The van der Waals surface area contributed by atoms with E-state index in [9.17, 15) is 19.0 Å². The lowest BCUT2D eigenvalue weighted by molar-refractivity contribution is -0.137. The van der Waals surface area contributed by atoms with Crippen LogP contribution in [0.15, 0.2) is 65.2 Å². The van der Waals surface area contributed by atoms with Crippen molar-refractivity contribution in [2.24, 2.45) is 10.4 Å². The number of nitrogens with zero attached hydrogens (tertiary/aromatic N) is 5. The van der Waals surface area contributed by atoms with Crippen molar-refractivity contribution in [2.45, 2.75) is 51.1 Å². The smallest absolute Gasteiger partial charge is 0.305 e. The predicted molar refractivity (Wildman–Crippen MR) is 131 cm³/mol. The van der Waals surface area contributed by atoms with Crippen molar-refractivity contribution in [3.8, 4) is 22.5 Å². The maximum atomic E-state index is 13.6. The third-order valence-electron chi connectivity index (χ3n) is 5.32. The molecule has 3 rings (SSSR count). The van der Waals surface area contributed by atoms with Crippen LogP contribution < -0.4 is 0 Å². The maximum absolute atomic E-state index is 13.6. The van der Waals surface area contributed by atoms with Gasteiger partial charge in [0, 0.05) is 41.6 Å². The lowest BCUT2D eigenvalue weighted by Crippen LogP contribution is -2.18. The van der Waals surface area contributed by atoms with Gasteiger partial charge in [0.05, 0.1) is 17.8 Å². The minimum absolute atomic E-state index is 0.134. The molecule has 10 heteroatoms.